The number of thiophene rings is 1. The van der Waals surface area contributed by atoms with Crippen LogP contribution in [0.4, 0.5) is 5.69 Å². The molecule has 18 heavy (non-hydrogen) atoms. The number of ether oxygens (including phenoxy) is 1. The number of anilines is 1. The third kappa shape index (κ3) is 2.51. The molecule has 0 atom stereocenters. The molecule has 0 aliphatic carbocycles. The fourth-order valence-corrected chi connectivity index (χ4v) is 2.89. The van der Waals surface area contributed by atoms with E-state index < -0.39 is 0 Å². The largest absolute Gasteiger partial charge is 0.496 e. The van der Waals surface area contributed by atoms with Gasteiger partial charge in [-0.3, -0.25) is 0 Å². The molecule has 0 aliphatic rings. The molecule has 0 spiro atoms. The number of nitrogen functional groups attached to an aromatic ring is 1. The van der Waals surface area contributed by atoms with Crippen LogP contribution in [0.25, 0.3) is 10.4 Å². The summed E-state index contributed by atoms with van der Waals surface area (Å²) in [7, 11) is 1.68. The van der Waals surface area contributed by atoms with Gasteiger partial charge in [-0.1, -0.05) is 20.8 Å². The molecule has 1 aromatic carbocycles. The van der Waals surface area contributed by atoms with Crippen LogP contribution >= 0.6 is 11.3 Å². The van der Waals surface area contributed by atoms with E-state index in [0.717, 1.165) is 17.0 Å². The Morgan fingerprint density at radius 3 is 2.39 bits per heavy atom. The molecular weight excluding hydrogens is 242 g/mol. The molecule has 0 radical (unpaired) electrons. The van der Waals surface area contributed by atoms with E-state index in [1.54, 1.807) is 7.11 Å². The van der Waals surface area contributed by atoms with E-state index in [4.69, 9.17) is 10.5 Å². The zero-order valence-electron chi connectivity index (χ0n) is 11.3. The van der Waals surface area contributed by atoms with Crippen molar-refractivity contribution in [1.82, 2.24) is 0 Å². The summed E-state index contributed by atoms with van der Waals surface area (Å²) in [5, 5.41) is 0. The first-order chi connectivity index (χ1) is 8.41. The average Bonchev–Trinajstić information content (AvgIpc) is 2.77. The highest BCUT2D eigenvalue weighted by molar-refractivity contribution is 7.15. The predicted molar refractivity (Wildman–Crippen MR) is 79.4 cm³/mol. The number of nitrogens with two attached hydrogens (primary N) is 1. The second-order valence-electron chi connectivity index (χ2n) is 5.37. The second kappa shape index (κ2) is 4.65. The lowest BCUT2D eigenvalue weighted by Gasteiger charge is -2.15. The minimum absolute atomic E-state index is 0.184. The van der Waals surface area contributed by atoms with E-state index in [2.05, 4.69) is 32.9 Å². The van der Waals surface area contributed by atoms with Crippen LogP contribution in [0.3, 0.4) is 0 Å². The number of methoxy groups -OCH3 is 1. The number of hydrogen-bond acceptors (Lipinski definition) is 3. The Bertz CT molecular complexity index is 552. The summed E-state index contributed by atoms with van der Waals surface area (Å²) < 4.78 is 5.40. The van der Waals surface area contributed by atoms with E-state index in [1.165, 1.54) is 9.75 Å². The summed E-state index contributed by atoms with van der Waals surface area (Å²) >= 11 is 1.81. The highest BCUT2D eigenvalue weighted by Crippen LogP contribution is 2.39. The summed E-state index contributed by atoms with van der Waals surface area (Å²) in [4.78, 5) is 2.59. The summed E-state index contributed by atoms with van der Waals surface area (Å²) in [5.41, 5.74) is 7.79. The summed E-state index contributed by atoms with van der Waals surface area (Å²) in [6.07, 6.45) is 0. The van der Waals surface area contributed by atoms with Crippen molar-refractivity contribution in [2.24, 2.45) is 0 Å². The maximum atomic E-state index is 5.78. The fraction of sp³-hybridized carbons (Fsp3) is 0.333. The molecule has 0 bridgehead atoms. The van der Waals surface area contributed by atoms with Crippen LogP contribution in [0.15, 0.2) is 30.3 Å². The Labute approximate surface area is 112 Å². The molecule has 2 nitrogen and oxygen atoms in total. The van der Waals surface area contributed by atoms with Crippen molar-refractivity contribution in [2.45, 2.75) is 26.2 Å². The van der Waals surface area contributed by atoms with Crippen molar-refractivity contribution in [1.29, 1.82) is 0 Å². The Morgan fingerprint density at radius 2 is 1.83 bits per heavy atom. The van der Waals surface area contributed by atoms with Crippen LogP contribution in [-0.4, -0.2) is 7.11 Å². The van der Waals surface area contributed by atoms with Gasteiger partial charge in [0.25, 0.3) is 0 Å². The van der Waals surface area contributed by atoms with Crippen LogP contribution in [0, 0.1) is 0 Å². The molecule has 2 N–H and O–H groups in total. The number of hydrogen-bond donors (Lipinski definition) is 1. The first kappa shape index (κ1) is 13.0. The molecule has 0 unspecified atom stereocenters. The van der Waals surface area contributed by atoms with Crippen molar-refractivity contribution in [3.05, 3.63) is 35.2 Å². The van der Waals surface area contributed by atoms with Gasteiger partial charge in [0.2, 0.25) is 0 Å². The van der Waals surface area contributed by atoms with Crippen LogP contribution in [-0.2, 0) is 5.41 Å². The molecule has 0 saturated carbocycles. The summed E-state index contributed by atoms with van der Waals surface area (Å²) in [6, 6.07) is 10.1. The molecule has 2 aromatic rings. The van der Waals surface area contributed by atoms with Crippen LogP contribution in [0.5, 0.6) is 5.75 Å². The third-order valence-electron chi connectivity index (χ3n) is 2.84. The number of rotatable bonds is 2. The van der Waals surface area contributed by atoms with Gasteiger partial charge in [-0.05, 0) is 29.7 Å². The third-order valence-corrected chi connectivity index (χ3v) is 4.38. The normalized spacial score (nSPS) is 11.6. The lowest BCUT2D eigenvalue weighted by atomic mass is 9.95. The topological polar surface area (TPSA) is 35.2 Å². The van der Waals surface area contributed by atoms with E-state index >= 15 is 0 Å². The molecule has 0 fully saturated rings. The molecule has 3 heteroatoms. The molecule has 1 heterocycles. The average molecular weight is 261 g/mol. The highest BCUT2D eigenvalue weighted by atomic mass is 32.1. The van der Waals surface area contributed by atoms with Crippen molar-refractivity contribution in [2.75, 3.05) is 12.8 Å². The van der Waals surface area contributed by atoms with Crippen molar-refractivity contribution >= 4 is 17.0 Å². The summed E-state index contributed by atoms with van der Waals surface area (Å²) in [6.45, 7) is 6.68. The Morgan fingerprint density at radius 1 is 1.11 bits per heavy atom. The van der Waals surface area contributed by atoms with Crippen LogP contribution in [0.1, 0.15) is 25.6 Å². The fourth-order valence-electron chi connectivity index (χ4n) is 1.80. The van der Waals surface area contributed by atoms with E-state index in [0.29, 0.717) is 0 Å². The van der Waals surface area contributed by atoms with Gasteiger partial charge in [0.15, 0.2) is 0 Å². The second-order valence-corrected chi connectivity index (χ2v) is 6.46. The maximum Gasteiger partial charge on any atom is 0.129 e. The molecule has 0 amide bonds. The quantitative estimate of drug-likeness (QED) is 0.818. The molecule has 0 aliphatic heterocycles. The van der Waals surface area contributed by atoms with Crippen molar-refractivity contribution < 1.29 is 4.74 Å². The molecular formula is C15H19NOS. The van der Waals surface area contributed by atoms with Crippen molar-refractivity contribution in [3.8, 4) is 16.2 Å². The van der Waals surface area contributed by atoms with Gasteiger partial charge in [0.1, 0.15) is 5.75 Å². The first-order valence-corrected chi connectivity index (χ1v) is 6.77. The monoisotopic (exact) mass is 261 g/mol. The zero-order chi connectivity index (χ0) is 13.3. The minimum atomic E-state index is 0.184. The van der Waals surface area contributed by atoms with Crippen LogP contribution < -0.4 is 10.5 Å². The zero-order valence-corrected chi connectivity index (χ0v) is 12.1. The Balaban J connectivity index is 2.46. The van der Waals surface area contributed by atoms with Gasteiger partial charge in [-0.2, -0.15) is 0 Å². The Kier molecular flexibility index (Phi) is 3.35. The van der Waals surface area contributed by atoms with Crippen molar-refractivity contribution in [3.63, 3.8) is 0 Å². The SMILES string of the molecule is COc1cc(N)ccc1-c1ccc(C(C)(C)C)s1. The lowest BCUT2D eigenvalue weighted by molar-refractivity contribution is 0.417. The Hall–Kier alpha value is -1.48. The van der Waals surface area contributed by atoms with E-state index in [1.807, 2.05) is 29.5 Å². The highest BCUT2D eigenvalue weighted by Gasteiger charge is 2.17. The van der Waals surface area contributed by atoms with Gasteiger partial charge >= 0.3 is 0 Å². The van der Waals surface area contributed by atoms with Gasteiger partial charge in [-0.15, -0.1) is 11.3 Å². The van der Waals surface area contributed by atoms with E-state index in [-0.39, 0.29) is 5.41 Å². The van der Waals surface area contributed by atoms with Gasteiger partial charge < -0.3 is 10.5 Å². The van der Waals surface area contributed by atoms with Crippen LogP contribution in [0.2, 0.25) is 0 Å². The first-order valence-electron chi connectivity index (χ1n) is 5.96. The minimum Gasteiger partial charge on any atom is -0.496 e. The molecule has 2 rings (SSSR count). The molecule has 0 saturated heterocycles. The van der Waals surface area contributed by atoms with Gasteiger partial charge in [0.05, 0.1) is 7.11 Å². The van der Waals surface area contributed by atoms with Gasteiger partial charge in [-0.25, -0.2) is 0 Å². The smallest absolute Gasteiger partial charge is 0.129 e. The standard InChI is InChI=1S/C15H19NOS/c1-15(2,3)14-8-7-13(18-14)11-6-5-10(16)9-12(11)17-4/h5-9H,16H2,1-4H3. The molecule has 96 valence electrons. The maximum absolute atomic E-state index is 5.78. The lowest BCUT2D eigenvalue weighted by Crippen LogP contribution is -2.07. The predicted octanol–water partition coefficient (Wildman–Crippen LogP) is 4.30. The summed E-state index contributed by atoms with van der Waals surface area (Å²) in [5.74, 6) is 0.831. The van der Waals surface area contributed by atoms with Gasteiger partial charge in [0, 0.05) is 27.1 Å². The molecule has 1 aromatic heterocycles. The van der Waals surface area contributed by atoms with E-state index in [9.17, 15) is 0 Å². The number of benzene rings is 1.